The summed E-state index contributed by atoms with van der Waals surface area (Å²) in [7, 11) is 0. The second-order valence-corrected chi connectivity index (χ2v) is 16.2. The zero-order valence-corrected chi connectivity index (χ0v) is 30.4. The molecule has 3 aromatic carbocycles. The van der Waals surface area contributed by atoms with Crippen LogP contribution in [0.1, 0.15) is 76.0 Å². The molecule has 0 saturated carbocycles. The Balaban J connectivity index is 1.50. The Kier molecular flexibility index (Phi) is 8.97. The number of nitro benzene ring substituents is 1. The fraction of sp³-hybridized carbons (Fsp3) is 0.351. The number of rotatable bonds is 6. The van der Waals surface area contributed by atoms with Crippen LogP contribution in [-0.4, -0.2) is 21.4 Å². The second kappa shape index (κ2) is 12.5. The van der Waals surface area contributed by atoms with Gasteiger partial charge in [0, 0.05) is 53.9 Å². The summed E-state index contributed by atoms with van der Waals surface area (Å²) in [6.45, 7) is 8.80. The Morgan fingerprint density at radius 2 is 1.39 bits per heavy atom. The summed E-state index contributed by atoms with van der Waals surface area (Å²) in [5, 5.41) is 11.7. The molecule has 1 aliphatic heterocycles. The largest absolute Gasteiger partial charge is 0.448 e. The average Bonchev–Trinajstić information content (AvgIpc) is 2.98. The molecule has 12 heteroatoms. The smallest absolute Gasteiger partial charge is 0.416 e. The zero-order valence-electron chi connectivity index (χ0n) is 27.2. The van der Waals surface area contributed by atoms with Crippen LogP contribution in [0.3, 0.4) is 0 Å². The SMILES string of the molecule is CC1(C)CC(=O)C2=C(C1)N(Cc1ccccc1)C1=C(C(=O)CC(C)(C)C1)C2c1cc(Br)c(Oc2ccc(C(F)(F)F)cc2[N+](=O)[O-])c(Br)c1. The molecule has 0 fully saturated rings. The monoisotopic (exact) mass is 800 g/mol. The number of nitrogens with zero attached hydrogens (tertiary/aromatic N) is 2. The molecular weight excluding hydrogens is 769 g/mol. The molecule has 0 radical (unpaired) electrons. The predicted molar refractivity (Wildman–Crippen MR) is 185 cm³/mol. The highest BCUT2D eigenvalue weighted by Crippen LogP contribution is 2.56. The van der Waals surface area contributed by atoms with Gasteiger partial charge < -0.3 is 9.64 Å². The summed E-state index contributed by atoms with van der Waals surface area (Å²) in [4.78, 5) is 41.4. The normalized spacial score (nSPS) is 19.2. The quantitative estimate of drug-likeness (QED) is 0.182. The highest BCUT2D eigenvalue weighted by molar-refractivity contribution is 9.11. The summed E-state index contributed by atoms with van der Waals surface area (Å²) in [5.74, 6) is -1.04. The first-order valence-corrected chi connectivity index (χ1v) is 17.3. The van der Waals surface area contributed by atoms with Crippen molar-refractivity contribution in [2.75, 3.05) is 0 Å². The number of hydrogen-bond acceptors (Lipinski definition) is 6. The molecule has 0 aromatic heterocycles. The lowest BCUT2D eigenvalue weighted by atomic mass is 9.63. The fourth-order valence-corrected chi connectivity index (χ4v) is 8.60. The maximum Gasteiger partial charge on any atom is 0.416 e. The van der Waals surface area contributed by atoms with Gasteiger partial charge in [-0.05, 0) is 90.9 Å². The molecule has 6 rings (SSSR count). The average molecular weight is 802 g/mol. The van der Waals surface area contributed by atoms with Gasteiger partial charge in [0.2, 0.25) is 5.75 Å². The van der Waals surface area contributed by atoms with E-state index in [1.165, 1.54) is 0 Å². The Labute approximate surface area is 298 Å². The van der Waals surface area contributed by atoms with Crippen LogP contribution in [0.5, 0.6) is 11.5 Å². The number of alkyl halides is 3. The van der Waals surface area contributed by atoms with Crippen molar-refractivity contribution in [3.8, 4) is 11.5 Å². The van der Waals surface area contributed by atoms with Crippen molar-refractivity contribution in [3.05, 3.63) is 119 Å². The molecule has 0 unspecified atom stereocenters. The number of ether oxygens (including phenoxy) is 1. The molecule has 0 saturated heterocycles. The maximum atomic E-state index is 14.2. The Morgan fingerprint density at radius 1 is 0.857 bits per heavy atom. The highest BCUT2D eigenvalue weighted by atomic mass is 79.9. The fourth-order valence-electron chi connectivity index (χ4n) is 7.21. The second-order valence-electron chi connectivity index (χ2n) is 14.5. The van der Waals surface area contributed by atoms with E-state index in [1.807, 2.05) is 30.3 Å². The Bertz CT molecular complexity index is 1890. The molecule has 3 aromatic rings. The van der Waals surface area contributed by atoms with Crippen molar-refractivity contribution in [2.45, 2.75) is 72.0 Å². The molecule has 49 heavy (non-hydrogen) atoms. The molecule has 0 amide bonds. The summed E-state index contributed by atoms with van der Waals surface area (Å²) in [5.41, 5.74) is 1.99. The Morgan fingerprint density at radius 3 is 1.88 bits per heavy atom. The van der Waals surface area contributed by atoms with Crippen LogP contribution >= 0.6 is 31.9 Å². The minimum atomic E-state index is -4.78. The van der Waals surface area contributed by atoms with Gasteiger partial charge in [-0.1, -0.05) is 58.0 Å². The number of carbonyl (C=O) groups excluding carboxylic acids is 2. The summed E-state index contributed by atoms with van der Waals surface area (Å²) in [6.07, 6.45) is -2.90. The number of benzene rings is 3. The number of Topliss-reactive ketones (excluding diaryl/α,β-unsaturated/α-hetero) is 2. The van der Waals surface area contributed by atoms with Gasteiger partial charge in [-0.3, -0.25) is 19.7 Å². The highest BCUT2D eigenvalue weighted by Gasteiger charge is 2.49. The van der Waals surface area contributed by atoms with E-state index in [9.17, 15) is 32.9 Å². The summed E-state index contributed by atoms with van der Waals surface area (Å²) < 4.78 is 46.5. The van der Waals surface area contributed by atoms with Gasteiger partial charge in [0.05, 0.1) is 19.4 Å². The minimum Gasteiger partial charge on any atom is -0.448 e. The zero-order chi connectivity index (χ0) is 35.6. The molecule has 1 heterocycles. The van der Waals surface area contributed by atoms with Crippen LogP contribution in [0, 0.1) is 20.9 Å². The number of ketones is 2. The maximum absolute atomic E-state index is 14.2. The number of allylic oxidation sites excluding steroid dienone is 4. The van der Waals surface area contributed by atoms with Crippen LogP contribution in [0.15, 0.2) is 92.1 Å². The lowest BCUT2D eigenvalue weighted by molar-refractivity contribution is -0.385. The molecule has 0 spiro atoms. The van der Waals surface area contributed by atoms with E-state index in [0.717, 1.165) is 29.1 Å². The van der Waals surface area contributed by atoms with E-state index in [4.69, 9.17) is 4.74 Å². The van der Waals surface area contributed by atoms with Crippen LogP contribution in [0.25, 0.3) is 0 Å². The summed E-state index contributed by atoms with van der Waals surface area (Å²) in [6, 6.07) is 15.4. The first kappa shape index (κ1) is 35.1. The van der Waals surface area contributed by atoms with Crippen molar-refractivity contribution in [1.29, 1.82) is 0 Å². The number of carbonyl (C=O) groups is 2. The van der Waals surface area contributed by atoms with Crippen molar-refractivity contribution < 1.29 is 32.4 Å². The van der Waals surface area contributed by atoms with E-state index < -0.39 is 28.3 Å². The predicted octanol–water partition coefficient (Wildman–Crippen LogP) is 10.8. The van der Waals surface area contributed by atoms with Crippen LogP contribution < -0.4 is 4.74 Å². The van der Waals surface area contributed by atoms with E-state index in [0.29, 0.717) is 63.9 Å². The molecule has 2 aliphatic carbocycles. The van der Waals surface area contributed by atoms with Crippen LogP contribution in [0.4, 0.5) is 18.9 Å². The third-order valence-electron chi connectivity index (χ3n) is 9.25. The van der Waals surface area contributed by atoms with Crippen LogP contribution in [0.2, 0.25) is 0 Å². The minimum absolute atomic E-state index is 0.0357. The van der Waals surface area contributed by atoms with Crippen LogP contribution in [-0.2, 0) is 22.3 Å². The molecule has 3 aliphatic rings. The summed E-state index contributed by atoms with van der Waals surface area (Å²) >= 11 is 7.02. The van der Waals surface area contributed by atoms with Crippen molar-refractivity contribution in [3.63, 3.8) is 0 Å². The van der Waals surface area contributed by atoms with Crippen molar-refractivity contribution in [2.24, 2.45) is 10.8 Å². The molecular formula is C37H33Br2F3N2O5. The van der Waals surface area contributed by atoms with Gasteiger partial charge in [-0.25, -0.2) is 0 Å². The first-order valence-electron chi connectivity index (χ1n) is 15.7. The van der Waals surface area contributed by atoms with Gasteiger partial charge in [0.1, 0.15) is 0 Å². The topological polar surface area (TPSA) is 89.8 Å². The lowest BCUT2D eigenvalue weighted by Gasteiger charge is -2.49. The van der Waals surface area contributed by atoms with Gasteiger partial charge in [0.25, 0.3) is 0 Å². The van der Waals surface area contributed by atoms with Gasteiger partial charge in [0.15, 0.2) is 17.3 Å². The van der Waals surface area contributed by atoms with Gasteiger partial charge in [-0.2, -0.15) is 13.2 Å². The van der Waals surface area contributed by atoms with E-state index in [1.54, 1.807) is 12.1 Å². The number of nitro groups is 1. The van der Waals surface area contributed by atoms with E-state index >= 15 is 0 Å². The van der Waals surface area contributed by atoms with E-state index in [-0.39, 0.29) is 33.9 Å². The van der Waals surface area contributed by atoms with Gasteiger partial charge in [-0.15, -0.1) is 0 Å². The van der Waals surface area contributed by atoms with Crippen molar-refractivity contribution >= 4 is 49.1 Å². The molecule has 0 bridgehead atoms. The standard InChI is InChI=1S/C37H33Br2F3N2O5/c1-35(2)15-26-32(28(45)17-35)31(33-27(16-36(3,4)18-29(33)46)43(26)19-20-8-6-5-7-9-20)21-12-23(38)34(24(39)13-21)49-30-11-10-22(37(40,41)42)14-25(30)44(47)48/h5-14,31H,15-19H2,1-4H3. The third kappa shape index (κ3) is 6.86. The molecule has 0 N–H and O–H groups in total. The third-order valence-corrected chi connectivity index (χ3v) is 10.4. The first-order chi connectivity index (χ1) is 22.8. The lowest BCUT2D eigenvalue weighted by Crippen LogP contribution is -2.44. The van der Waals surface area contributed by atoms with Crippen molar-refractivity contribution in [1.82, 2.24) is 4.90 Å². The molecule has 7 nitrogen and oxygen atoms in total. The molecule has 256 valence electrons. The number of hydrogen-bond donors (Lipinski definition) is 0. The number of halogens is 5. The molecule has 0 atom stereocenters. The van der Waals surface area contributed by atoms with Gasteiger partial charge >= 0.3 is 11.9 Å². The van der Waals surface area contributed by atoms with E-state index in [2.05, 4.69) is 64.5 Å². The Hall–Kier alpha value is -3.77.